The molecule has 0 N–H and O–H groups in total. The number of benzene rings is 6. The Bertz CT molecular complexity index is 4940. The van der Waals surface area contributed by atoms with E-state index in [1.54, 1.807) is 72.8 Å². The van der Waals surface area contributed by atoms with Gasteiger partial charge in [0.1, 0.15) is 0 Å². The average molecular weight is 2160 g/mol. The molecule has 6 rings (SSSR count). The zero-order chi connectivity index (χ0) is 109. The van der Waals surface area contributed by atoms with Gasteiger partial charge in [-0.3, -0.25) is 25.1 Å². The zero-order valence-electron chi connectivity index (χ0n) is 95.9. The predicted molar refractivity (Wildman–Crippen MR) is 614 cm³/mol. The predicted octanol–water partition coefficient (Wildman–Crippen LogP) is 36.2. The van der Waals surface area contributed by atoms with Gasteiger partial charge in [-0.1, -0.05) is 480 Å². The highest BCUT2D eigenvalue weighted by atomic mass is 32.2. The Hall–Kier alpha value is -5.22. The first kappa shape index (κ1) is 139. The maximum absolute atomic E-state index is 11.7. The van der Waals surface area contributed by atoms with Crippen LogP contribution < -0.4 is 0 Å². The van der Waals surface area contributed by atoms with Crippen molar-refractivity contribution in [1.82, 2.24) is 0 Å². The third kappa shape index (κ3) is 61.6. The molecule has 6 aromatic rings. The topological polar surface area (TPSA) is 260 Å². The zero-order valence-corrected chi connectivity index (χ0v) is 101. The molecule has 0 heterocycles. The second-order valence-corrected chi connectivity index (χ2v) is 52.8. The molecule has 0 aliphatic carbocycles. The summed E-state index contributed by atoms with van der Waals surface area (Å²) >= 11 is 0. The second kappa shape index (κ2) is 80.6. The minimum atomic E-state index is -3.59. The molecule has 840 valence electrons. The molecule has 24 heteroatoms. The molecule has 12 unspecified atom stereocenters. The van der Waals surface area contributed by atoms with Crippen LogP contribution in [0.1, 0.15) is 515 Å². The Balaban J connectivity index is 0.000000876. The third-order valence-corrected chi connectivity index (χ3v) is 37.4. The number of unbranched alkanes of at least 4 members (excludes halogenated alkanes) is 25. The molecule has 0 fully saturated rings. The molecule has 6 aromatic carbocycles. The molecule has 0 aromatic heterocycles. The van der Waals surface area contributed by atoms with Crippen LogP contribution in [0.15, 0.2) is 175 Å². The molecular weight excluding hydrogens is 1950 g/mol. The molecule has 146 heavy (non-hydrogen) atoms. The van der Waals surface area contributed by atoms with Gasteiger partial charge in [0.2, 0.25) is 0 Å². The monoisotopic (exact) mass is 2150 g/mol. The second-order valence-electron chi connectivity index (χ2n) is 42.5. The molecule has 0 aliphatic rings. The highest BCUT2D eigenvalue weighted by molar-refractivity contribution is 7.88. The fourth-order valence-electron chi connectivity index (χ4n) is 18.6. The van der Waals surface area contributed by atoms with E-state index in [4.69, 9.17) is 0 Å². The molecule has 0 spiro atoms. The Morgan fingerprint density at radius 2 is 0.308 bits per heavy atom. The highest BCUT2D eigenvalue weighted by Gasteiger charge is 2.23. The van der Waals surface area contributed by atoms with Gasteiger partial charge in [-0.25, -0.2) is 0 Å². The van der Waals surface area contributed by atoms with E-state index in [1.807, 2.05) is 72.8 Å². The van der Waals surface area contributed by atoms with Crippen molar-refractivity contribution in [2.24, 2.45) is 35.5 Å². The minimum absolute atomic E-state index is 0.223. The molecule has 0 amide bonds. The van der Waals surface area contributed by atoms with E-state index in [0.717, 1.165) is 68.1 Å². The lowest BCUT2D eigenvalue weighted by Gasteiger charge is -2.18. The Morgan fingerprint density at radius 3 is 0.521 bits per heavy atom. The summed E-state index contributed by atoms with van der Waals surface area (Å²) in [6.07, 6.45) is 65.4. The number of hydrogen-bond acceptors (Lipinski definition) is 18. The lowest BCUT2D eigenvalue weighted by atomic mass is 9.88. The van der Waals surface area contributed by atoms with Crippen LogP contribution in [0, 0.1) is 35.5 Å². The summed E-state index contributed by atoms with van der Waals surface area (Å²) in [7, 11) is -14.4. The van der Waals surface area contributed by atoms with Crippen molar-refractivity contribution >= 4 is 60.7 Å². The van der Waals surface area contributed by atoms with E-state index in [1.165, 1.54) is 359 Å². The van der Waals surface area contributed by atoms with Crippen LogP contribution >= 0.6 is 0 Å². The molecule has 0 aliphatic heterocycles. The molecule has 18 nitrogen and oxygen atoms in total. The summed E-state index contributed by atoms with van der Waals surface area (Å²) in [6.45, 7) is 40.9. The van der Waals surface area contributed by atoms with Crippen molar-refractivity contribution in [1.29, 1.82) is 0 Å². The smallest absolute Gasteiger partial charge is 0.270 e. The van der Waals surface area contributed by atoms with Crippen LogP contribution in [0.4, 0.5) is 0 Å². The van der Waals surface area contributed by atoms with Crippen molar-refractivity contribution in [3.63, 3.8) is 0 Å². The van der Waals surface area contributed by atoms with Crippen LogP contribution in [-0.2, 0) is 85.8 Å². The average Bonchev–Trinajstić information content (AvgIpc) is 0.861. The first-order chi connectivity index (χ1) is 69.4. The molecule has 0 bridgehead atoms. The highest BCUT2D eigenvalue weighted by Crippen LogP contribution is 2.35. The molecular formula is C122H208O18S6. The maximum atomic E-state index is 11.7. The fourth-order valence-corrected chi connectivity index (χ4v) is 22.5. The standard InChI is InChI=1S/2C21H36O3S.4C20H34O3S/c1-5-6-7-8-11-18(2)12-9-10-13-19(3)20-14-16-21(17-15-20)25(22,23)24-4;1-5-6-7-8-9-10-11-18(2)12-13-19(3)20-14-16-21(17-15-20)25(22,23)24-4;1-5-17(2)11-9-7-6-8-10-12-18(3)19-13-15-20(16-14-19)24(21,22)23-4;1-5-6-7-10-17(2)11-8-9-12-18(3)19-13-15-20(16-14-19)24(21,22)23-4;1-5-6-7-8-9-10-17(2)11-12-18(3)19-13-15-20(16-14-19)24(21,22)23-4;1-5-6-7-8-9-10-11-17(2)16-18(3)19-12-14-20(15-13-19)24(21,22)23-4/h2*14-19H,5-13H2,1-4H3;3*13-18H,5-12H2,1-4H3;12-15,17-18H,5-11,16H2,1-4H3. The quantitative estimate of drug-likeness (QED) is 0.0254. The van der Waals surface area contributed by atoms with Gasteiger partial charge in [0.25, 0.3) is 60.7 Å². The molecule has 0 saturated heterocycles. The molecule has 0 saturated carbocycles. The fraction of sp³-hybridized carbons (Fsp3) is 0.705. The molecule has 0 radical (unpaired) electrons. The number of hydrogen-bond donors (Lipinski definition) is 0. The van der Waals surface area contributed by atoms with E-state index < -0.39 is 60.7 Å². The summed E-state index contributed by atoms with van der Waals surface area (Å²) in [6, 6.07) is 42.6. The minimum Gasteiger partial charge on any atom is -0.270 e. The summed E-state index contributed by atoms with van der Waals surface area (Å²) in [5.41, 5.74) is 7.17. The SMILES string of the molecule is CCC(C)CCCCCCCC(C)c1ccc(S(=O)(=O)OC)cc1.CCCCCC(C)CCCCC(C)c1ccc(S(=O)(=O)OC)cc1.CCCCCCC(C)CCCCC(C)c1ccc(S(=O)(=O)OC)cc1.CCCCCCCC(C)CCC(C)c1ccc(S(=O)(=O)OC)cc1.CCCCCCCCC(C)CC(C)c1ccc(S(=O)(=O)OC)cc1.CCCCCCCCC(C)CCC(C)c1ccc(S(=O)(=O)OC)cc1. The van der Waals surface area contributed by atoms with Gasteiger partial charge in [-0.2, -0.15) is 50.5 Å². The maximum Gasteiger partial charge on any atom is 0.296 e. The third-order valence-electron chi connectivity index (χ3n) is 29.6. The summed E-state index contributed by atoms with van der Waals surface area (Å²) < 4.78 is 167. The van der Waals surface area contributed by atoms with Crippen LogP contribution in [0.25, 0.3) is 0 Å². The lowest BCUT2D eigenvalue weighted by Crippen LogP contribution is -2.05. The van der Waals surface area contributed by atoms with Crippen molar-refractivity contribution in [2.45, 2.75) is 511 Å². The Morgan fingerprint density at radius 1 is 0.164 bits per heavy atom. The van der Waals surface area contributed by atoms with Crippen LogP contribution in [0.3, 0.4) is 0 Å². The van der Waals surface area contributed by atoms with Gasteiger partial charge in [-0.15, -0.1) is 0 Å². The lowest BCUT2D eigenvalue weighted by molar-refractivity contribution is 0.396. The summed E-state index contributed by atoms with van der Waals surface area (Å²) in [5.74, 6) is 7.50. The van der Waals surface area contributed by atoms with E-state index in [9.17, 15) is 50.5 Å². The summed E-state index contributed by atoms with van der Waals surface area (Å²) in [5, 5.41) is 0. The van der Waals surface area contributed by atoms with Crippen LogP contribution in [-0.4, -0.2) is 93.2 Å². The van der Waals surface area contributed by atoms with Crippen molar-refractivity contribution in [2.75, 3.05) is 42.7 Å². The van der Waals surface area contributed by atoms with Crippen LogP contribution in [0.5, 0.6) is 0 Å². The van der Waals surface area contributed by atoms with E-state index in [0.29, 0.717) is 41.4 Å². The summed E-state index contributed by atoms with van der Waals surface area (Å²) in [4.78, 5) is 1.34. The number of rotatable bonds is 74. The van der Waals surface area contributed by atoms with Gasteiger partial charge in [0, 0.05) is 0 Å². The van der Waals surface area contributed by atoms with Gasteiger partial charge >= 0.3 is 0 Å². The van der Waals surface area contributed by atoms with Gasteiger partial charge in [0.15, 0.2) is 0 Å². The first-order valence-electron chi connectivity index (χ1n) is 56.9. The van der Waals surface area contributed by atoms with Crippen LogP contribution in [0.2, 0.25) is 0 Å². The van der Waals surface area contributed by atoms with E-state index >= 15 is 0 Å². The van der Waals surface area contributed by atoms with Gasteiger partial charge < -0.3 is 0 Å². The van der Waals surface area contributed by atoms with Gasteiger partial charge in [-0.05, 0) is 216 Å². The van der Waals surface area contributed by atoms with Gasteiger partial charge in [0.05, 0.1) is 72.0 Å². The van der Waals surface area contributed by atoms with E-state index in [-0.39, 0.29) is 29.4 Å². The van der Waals surface area contributed by atoms with Crippen molar-refractivity contribution in [3.8, 4) is 0 Å². The first-order valence-corrected chi connectivity index (χ1v) is 65.3. The van der Waals surface area contributed by atoms with E-state index in [2.05, 4.69) is 150 Å². The normalized spacial score (nSPS) is 14.5. The largest absolute Gasteiger partial charge is 0.296 e. The van der Waals surface area contributed by atoms with Crippen molar-refractivity contribution in [3.05, 3.63) is 179 Å². The van der Waals surface area contributed by atoms with Crippen molar-refractivity contribution < 1.29 is 75.6 Å². The Kier molecular flexibility index (Phi) is 76.6. The Labute approximate surface area is 897 Å². The molecule has 12 atom stereocenters.